The molecule has 0 spiro atoms. The zero-order valence-electron chi connectivity index (χ0n) is 18.0. The molecule has 1 aliphatic rings. The minimum absolute atomic E-state index is 0.0197. The summed E-state index contributed by atoms with van der Waals surface area (Å²) in [6, 6.07) is 11.3. The second-order valence-corrected chi connectivity index (χ2v) is 8.20. The topological polar surface area (TPSA) is 97.5 Å². The SMILES string of the molecule is Cc1cc(NC(=O)C(=O)N2C[C@@H](C)[C@H](OC(C)C)C[C@@H]2c2ccccc2)cnc1N. The summed E-state index contributed by atoms with van der Waals surface area (Å²) < 4.78 is 6.11. The molecule has 0 aliphatic carbocycles. The highest BCUT2D eigenvalue weighted by atomic mass is 16.5. The fourth-order valence-corrected chi connectivity index (χ4v) is 3.86. The molecule has 3 rings (SSSR count). The molecule has 1 aromatic heterocycles. The van der Waals surface area contributed by atoms with Crippen LogP contribution in [-0.4, -0.2) is 40.5 Å². The lowest BCUT2D eigenvalue weighted by molar-refractivity contribution is -0.151. The van der Waals surface area contributed by atoms with Crippen molar-refractivity contribution in [3.8, 4) is 0 Å². The number of likely N-dealkylation sites (tertiary alicyclic amines) is 1. The predicted octanol–water partition coefficient (Wildman–Crippen LogP) is 3.31. The molecule has 0 bridgehead atoms. The molecular weight excluding hydrogens is 380 g/mol. The van der Waals surface area contributed by atoms with Crippen LogP contribution in [-0.2, 0) is 14.3 Å². The van der Waals surface area contributed by atoms with Gasteiger partial charge in [-0.2, -0.15) is 0 Å². The summed E-state index contributed by atoms with van der Waals surface area (Å²) in [5, 5.41) is 2.66. The van der Waals surface area contributed by atoms with Crippen molar-refractivity contribution in [2.45, 2.75) is 52.4 Å². The second-order valence-electron chi connectivity index (χ2n) is 8.20. The number of nitrogens with zero attached hydrogens (tertiary/aromatic N) is 2. The number of carbonyl (C=O) groups excluding carboxylic acids is 2. The number of amides is 2. The van der Waals surface area contributed by atoms with E-state index in [9.17, 15) is 9.59 Å². The number of aryl methyl sites for hydroxylation is 1. The molecular formula is C23H30N4O3. The Balaban J connectivity index is 1.82. The third-order valence-corrected chi connectivity index (χ3v) is 5.41. The van der Waals surface area contributed by atoms with E-state index in [1.807, 2.05) is 44.2 Å². The minimum Gasteiger partial charge on any atom is -0.383 e. The summed E-state index contributed by atoms with van der Waals surface area (Å²) in [6.45, 7) is 8.32. The lowest BCUT2D eigenvalue weighted by Crippen LogP contribution is -2.51. The highest BCUT2D eigenvalue weighted by molar-refractivity contribution is 6.39. The molecule has 7 heteroatoms. The van der Waals surface area contributed by atoms with Crippen molar-refractivity contribution in [1.82, 2.24) is 9.88 Å². The van der Waals surface area contributed by atoms with Crippen molar-refractivity contribution < 1.29 is 14.3 Å². The van der Waals surface area contributed by atoms with E-state index in [0.29, 0.717) is 24.5 Å². The van der Waals surface area contributed by atoms with Crippen molar-refractivity contribution in [3.05, 3.63) is 53.7 Å². The van der Waals surface area contributed by atoms with Crippen molar-refractivity contribution in [2.75, 3.05) is 17.6 Å². The van der Waals surface area contributed by atoms with Crippen LogP contribution in [0.3, 0.4) is 0 Å². The molecule has 1 saturated heterocycles. The third-order valence-electron chi connectivity index (χ3n) is 5.41. The van der Waals surface area contributed by atoms with Crippen molar-refractivity contribution in [2.24, 2.45) is 5.92 Å². The van der Waals surface area contributed by atoms with Gasteiger partial charge in [0.2, 0.25) is 0 Å². The van der Waals surface area contributed by atoms with Crippen LogP contribution in [0.15, 0.2) is 42.6 Å². The molecule has 160 valence electrons. The van der Waals surface area contributed by atoms with Crippen LogP contribution in [0.5, 0.6) is 0 Å². The normalized spacial score (nSPS) is 21.5. The molecule has 0 saturated carbocycles. The average Bonchev–Trinajstić information content (AvgIpc) is 2.71. The summed E-state index contributed by atoms with van der Waals surface area (Å²) in [5.74, 6) is -0.737. The van der Waals surface area contributed by atoms with Crippen molar-refractivity contribution >= 4 is 23.3 Å². The number of hydrogen-bond acceptors (Lipinski definition) is 5. The fraction of sp³-hybridized carbons (Fsp3) is 0.435. The van der Waals surface area contributed by atoms with E-state index < -0.39 is 11.8 Å². The van der Waals surface area contributed by atoms with Gasteiger partial charge in [0.25, 0.3) is 0 Å². The Kier molecular flexibility index (Phi) is 6.72. The number of anilines is 2. The summed E-state index contributed by atoms with van der Waals surface area (Å²) in [5.41, 5.74) is 7.91. The standard InChI is InChI=1S/C23H30N4O3/c1-14(2)30-20-11-19(17-8-6-5-7-9-17)27(13-16(20)4)23(29)22(28)26-18-10-15(3)21(24)25-12-18/h5-10,12,14,16,19-20H,11,13H2,1-4H3,(H2,24,25)(H,26,28)/t16-,19-,20-/m1/s1. The Bertz CT molecular complexity index is 901. The maximum absolute atomic E-state index is 13.1. The van der Waals surface area contributed by atoms with E-state index in [4.69, 9.17) is 10.5 Å². The van der Waals surface area contributed by atoms with Crippen LogP contribution in [0, 0.1) is 12.8 Å². The number of rotatable bonds is 4. The van der Waals surface area contributed by atoms with Gasteiger partial charge in [-0.15, -0.1) is 0 Å². The van der Waals surface area contributed by atoms with Crippen molar-refractivity contribution in [1.29, 1.82) is 0 Å². The molecule has 1 aromatic carbocycles. The molecule has 0 radical (unpaired) electrons. The first kappa shape index (κ1) is 21.8. The first-order valence-corrected chi connectivity index (χ1v) is 10.3. The van der Waals surface area contributed by atoms with Crippen LogP contribution in [0.25, 0.3) is 0 Å². The Morgan fingerprint density at radius 3 is 2.60 bits per heavy atom. The molecule has 0 unspecified atom stereocenters. The predicted molar refractivity (Wildman–Crippen MR) is 117 cm³/mol. The minimum atomic E-state index is -0.683. The summed E-state index contributed by atoms with van der Waals surface area (Å²) >= 11 is 0. The van der Waals surface area contributed by atoms with Gasteiger partial charge < -0.3 is 20.7 Å². The van der Waals surface area contributed by atoms with Crippen LogP contribution in [0.2, 0.25) is 0 Å². The van der Waals surface area contributed by atoms with Gasteiger partial charge in [0, 0.05) is 12.5 Å². The van der Waals surface area contributed by atoms with E-state index in [0.717, 1.165) is 11.1 Å². The summed E-state index contributed by atoms with van der Waals surface area (Å²) in [6.07, 6.45) is 2.21. The van der Waals surface area contributed by atoms with E-state index in [-0.39, 0.29) is 24.2 Å². The number of nitrogens with one attached hydrogen (secondary N) is 1. The molecule has 2 amide bonds. The fourth-order valence-electron chi connectivity index (χ4n) is 3.86. The van der Waals surface area contributed by atoms with Gasteiger partial charge in [0.1, 0.15) is 5.82 Å². The molecule has 30 heavy (non-hydrogen) atoms. The van der Waals surface area contributed by atoms with Crippen LogP contribution in [0.4, 0.5) is 11.5 Å². The Morgan fingerprint density at radius 1 is 1.27 bits per heavy atom. The lowest BCUT2D eigenvalue weighted by atomic mass is 9.87. The number of aromatic nitrogens is 1. The molecule has 1 fully saturated rings. The van der Waals surface area contributed by atoms with Gasteiger partial charge in [-0.3, -0.25) is 9.59 Å². The average molecular weight is 411 g/mol. The van der Waals surface area contributed by atoms with Crippen LogP contribution < -0.4 is 11.1 Å². The summed E-state index contributed by atoms with van der Waals surface area (Å²) in [7, 11) is 0. The van der Waals surface area contributed by atoms with E-state index in [2.05, 4.69) is 17.2 Å². The smallest absolute Gasteiger partial charge is 0.313 e. The molecule has 2 heterocycles. The number of piperidine rings is 1. The molecule has 1 aliphatic heterocycles. The van der Waals surface area contributed by atoms with Gasteiger partial charge in [-0.05, 0) is 44.4 Å². The van der Waals surface area contributed by atoms with Crippen LogP contribution >= 0.6 is 0 Å². The Morgan fingerprint density at radius 2 is 1.97 bits per heavy atom. The molecule has 7 nitrogen and oxygen atoms in total. The molecule has 2 aromatic rings. The number of nitrogens with two attached hydrogens (primary N) is 1. The summed E-state index contributed by atoms with van der Waals surface area (Å²) in [4.78, 5) is 31.6. The second kappa shape index (κ2) is 9.26. The quantitative estimate of drug-likeness (QED) is 0.754. The number of benzene rings is 1. The van der Waals surface area contributed by atoms with Gasteiger partial charge >= 0.3 is 11.8 Å². The van der Waals surface area contributed by atoms with E-state index in [1.165, 1.54) is 6.20 Å². The van der Waals surface area contributed by atoms with Gasteiger partial charge in [-0.25, -0.2) is 4.98 Å². The Labute approximate surface area is 177 Å². The van der Waals surface area contributed by atoms with Gasteiger partial charge in [-0.1, -0.05) is 37.3 Å². The van der Waals surface area contributed by atoms with Gasteiger partial charge in [0.15, 0.2) is 0 Å². The maximum Gasteiger partial charge on any atom is 0.313 e. The third kappa shape index (κ3) is 4.97. The number of carbonyl (C=O) groups is 2. The first-order chi connectivity index (χ1) is 14.3. The maximum atomic E-state index is 13.1. The highest BCUT2D eigenvalue weighted by Crippen LogP contribution is 2.35. The highest BCUT2D eigenvalue weighted by Gasteiger charge is 2.39. The number of pyridine rings is 1. The lowest BCUT2D eigenvalue weighted by Gasteiger charge is -2.43. The number of hydrogen-bond donors (Lipinski definition) is 2. The monoisotopic (exact) mass is 410 g/mol. The number of ether oxygens (including phenoxy) is 1. The van der Waals surface area contributed by atoms with E-state index >= 15 is 0 Å². The van der Waals surface area contributed by atoms with Crippen molar-refractivity contribution in [3.63, 3.8) is 0 Å². The molecule has 3 N–H and O–H groups in total. The van der Waals surface area contributed by atoms with Gasteiger partial charge in [0.05, 0.1) is 30.1 Å². The van der Waals surface area contributed by atoms with Crippen LogP contribution in [0.1, 0.15) is 44.4 Å². The Hall–Kier alpha value is -2.93. The number of nitrogen functional groups attached to an aromatic ring is 1. The first-order valence-electron chi connectivity index (χ1n) is 10.3. The zero-order chi connectivity index (χ0) is 21.8. The van der Waals surface area contributed by atoms with E-state index in [1.54, 1.807) is 17.9 Å². The zero-order valence-corrected chi connectivity index (χ0v) is 18.0. The largest absolute Gasteiger partial charge is 0.383 e. The molecule has 3 atom stereocenters.